The zero-order valence-corrected chi connectivity index (χ0v) is 15.5. The quantitative estimate of drug-likeness (QED) is 0.723. The number of amides is 1. The van der Waals surface area contributed by atoms with Gasteiger partial charge in [0.15, 0.2) is 5.78 Å². The van der Waals surface area contributed by atoms with Crippen molar-refractivity contribution in [1.29, 1.82) is 0 Å². The van der Waals surface area contributed by atoms with Crippen molar-refractivity contribution in [3.8, 4) is 5.75 Å². The van der Waals surface area contributed by atoms with Gasteiger partial charge in [0.2, 0.25) is 5.91 Å². The van der Waals surface area contributed by atoms with Crippen LogP contribution in [0.4, 0.5) is 14.5 Å². The first-order valence-electron chi connectivity index (χ1n) is 7.87. The number of nitrogens with one attached hydrogen (secondary N) is 1. The lowest BCUT2D eigenvalue weighted by Crippen LogP contribution is -2.23. The number of benzene rings is 2. The Kier molecular flexibility index (Phi) is 6.74. The van der Waals surface area contributed by atoms with Crippen molar-refractivity contribution in [3.63, 3.8) is 0 Å². The number of hydrogen-bond acceptors (Lipinski definition) is 4. The maximum atomic E-state index is 13.6. The smallest absolute Gasteiger partial charge is 0.237 e. The van der Waals surface area contributed by atoms with Gasteiger partial charge in [0.05, 0.1) is 18.0 Å². The lowest BCUT2D eigenvalue weighted by Gasteiger charge is -2.14. The molecule has 0 saturated heterocycles. The van der Waals surface area contributed by atoms with Gasteiger partial charge in [-0.3, -0.25) is 9.59 Å². The van der Waals surface area contributed by atoms with Crippen molar-refractivity contribution in [2.45, 2.75) is 24.9 Å². The number of carbonyl (C=O) groups excluding carboxylic acids is 2. The molecular weight excluding hydrogens is 360 g/mol. The van der Waals surface area contributed by atoms with Crippen molar-refractivity contribution < 1.29 is 23.1 Å². The normalized spacial score (nSPS) is 11.7. The molecule has 0 fully saturated rings. The fourth-order valence-corrected chi connectivity index (χ4v) is 3.09. The average molecular weight is 379 g/mol. The summed E-state index contributed by atoms with van der Waals surface area (Å²) in [5.74, 6) is -0.935. The summed E-state index contributed by atoms with van der Waals surface area (Å²) < 4.78 is 31.8. The van der Waals surface area contributed by atoms with Gasteiger partial charge in [0.25, 0.3) is 0 Å². The molecule has 4 nitrogen and oxygen atoms in total. The summed E-state index contributed by atoms with van der Waals surface area (Å²) in [6.07, 6.45) is 0. The standard InChI is InChI=1S/C19H19F2NO3S/c1-11(23)13-4-7-18(25-3)14(8-13)10-26-12(2)19(24)22-17-6-5-15(20)9-16(17)21/h4-9,12H,10H2,1-3H3,(H,22,24). The van der Waals surface area contributed by atoms with Crippen LogP contribution < -0.4 is 10.1 Å². The molecule has 1 unspecified atom stereocenters. The first-order valence-corrected chi connectivity index (χ1v) is 8.92. The molecule has 2 aromatic carbocycles. The molecule has 0 bridgehead atoms. The molecular formula is C19H19F2NO3S. The fraction of sp³-hybridized carbons (Fsp3) is 0.263. The number of ketones is 1. The van der Waals surface area contributed by atoms with E-state index in [-0.39, 0.29) is 11.5 Å². The lowest BCUT2D eigenvalue weighted by atomic mass is 10.1. The molecule has 26 heavy (non-hydrogen) atoms. The number of anilines is 1. The lowest BCUT2D eigenvalue weighted by molar-refractivity contribution is -0.115. The van der Waals surface area contributed by atoms with E-state index < -0.39 is 22.8 Å². The van der Waals surface area contributed by atoms with Crippen molar-refractivity contribution in [2.24, 2.45) is 0 Å². The molecule has 1 atom stereocenters. The van der Waals surface area contributed by atoms with Crippen LogP contribution >= 0.6 is 11.8 Å². The van der Waals surface area contributed by atoms with Gasteiger partial charge in [0, 0.05) is 22.9 Å². The summed E-state index contributed by atoms with van der Waals surface area (Å²) in [5.41, 5.74) is 1.28. The topological polar surface area (TPSA) is 55.4 Å². The SMILES string of the molecule is COc1ccc(C(C)=O)cc1CSC(C)C(=O)Nc1ccc(F)cc1F. The van der Waals surface area contributed by atoms with Crippen LogP contribution in [0.1, 0.15) is 29.8 Å². The summed E-state index contributed by atoms with van der Waals surface area (Å²) >= 11 is 1.32. The molecule has 1 N–H and O–H groups in total. The number of hydrogen-bond donors (Lipinski definition) is 1. The Morgan fingerprint density at radius 3 is 2.54 bits per heavy atom. The van der Waals surface area contributed by atoms with Crippen LogP contribution in [0.2, 0.25) is 0 Å². The predicted octanol–water partition coefficient (Wildman–Crippen LogP) is 4.44. The van der Waals surface area contributed by atoms with Gasteiger partial charge in [0.1, 0.15) is 17.4 Å². The Morgan fingerprint density at radius 2 is 1.92 bits per heavy atom. The van der Waals surface area contributed by atoms with Crippen LogP contribution in [0.3, 0.4) is 0 Å². The van der Waals surface area contributed by atoms with Crippen molar-refractivity contribution >= 4 is 29.1 Å². The van der Waals surface area contributed by atoms with Gasteiger partial charge in [-0.15, -0.1) is 11.8 Å². The molecule has 2 rings (SSSR count). The van der Waals surface area contributed by atoms with Crippen LogP contribution in [-0.2, 0) is 10.5 Å². The fourth-order valence-electron chi connectivity index (χ4n) is 2.23. The minimum absolute atomic E-state index is 0.0588. The molecule has 1 amide bonds. The predicted molar refractivity (Wildman–Crippen MR) is 98.7 cm³/mol. The van der Waals surface area contributed by atoms with E-state index in [1.165, 1.54) is 31.9 Å². The number of thioether (sulfide) groups is 1. The Hall–Kier alpha value is -2.41. The van der Waals surface area contributed by atoms with E-state index in [1.807, 2.05) is 0 Å². The van der Waals surface area contributed by atoms with E-state index >= 15 is 0 Å². The third kappa shape index (κ3) is 5.05. The number of ether oxygens (including phenoxy) is 1. The molecule has 0 aliphatic heterocycles. The molecule has 2 aromatic rings. The van der Waals surface area contributed by atoms with Gasteiger partial charge in [-0.05, 0) is 44.2 Å². The Balaban J connectivity index is 2.03. The third-order valence-corrected chi connectivity index (χ3v) is 4.93. The van der Waals surface area contributed by atoms with Gasteiger partial charge < -0.3 is 10.1 Å². The summed E-state index contributed by atoms with van der Waals surface area (Å²) in [4.78, 5) is 23.8. The number of methoxy groups -OCH3 is 1. The maximum Gasteiger partial charge on any atom is 0.237 e. The second-order valence-electron chi connectivity index (χ2n) is 5.65. The second-order valence-corrected chi connectivity index (χ2v) is 6.98. The average Bonchev–Trinajstić information content (AvgIpc) is 2.61. The minimum Gasteiger partial charge on any atom is -0.496 e. The second kappa shape index (κ2) is 8.80. The van der Waals surface area contributed by atoms with Crippen LogP contribution in [-0.4, -0.2) is 24.1 Å². The van der Waals surface area contributed by atoms with E-state index in [0.29, 0.717) is 23.1 Å². The number of Topliss-reactive ketones (excluding diaryl/α,β-unsaturated/α-hetero) is 1. The van der Waals surface area contributed by atoms with E-state index in [1.54, 1.807) is 25.1 Å². The molecule has 0 heterocycles. The summed E-state index contributed by atoms with van der Waals surface area (Å²) in [6, 6.07) is 8.10. The summed E-state index contributed by atoms with van der Waals surface area (Å²) in [7, 11) is 1.53. The molecule has 0 aromatic heterocycles. The molecule has 0 radical (unpaired) electrons. The van der Waals surface area contributed by atoms with Gasteiger partial charge in [-0.2, -0.15) is 0 Å². The Bertz CT molecular complexity index is 826. The van der Waals surface area contributed by atoms with Gasteiger partial charge >= 0.3 is 0 Å². The van der Waals surface area contributed by atoms with Crippen LogP contribution in [0.5, 0.6) is 5.75 Å². The third-order valence-electron chi connectivity index (χ3n) is 3.73. The summed E-state index contributed by atoms with van der Waals surface area (Å²) in [6.45, 7) is 3.16. The molecule has 0 aliphatic carbocycles. The van der Waals surface area contributed by atoms with Crippen molar-refractivity contribution in [3.05, 3.63) is 59.2 Å². The van der Waals surface area contributed by atoms with E-state index in [0.717, 1.165) is 11.6 Å². The molecule has 0 spiro atoms. The van der Waals surface area contributed by atoms with Crippen molar-refractivity contribution in [1.82, 2.24) is 0 Å². The van der Waals surface area contributed by atoms with Crippen LogP contribution in [0.25, 0.3) is 0 Å². The highest BCUT2D eigenvalue weighted by Crippen LogP contribution is 2.27. The first kappa shape index (κ1) is 19.9. The minimum atomic E-state index is -0.827. The van der Waals surface area contributed by atoms with E-state index in [2.05, 4.69) is 5.32 Å². The first-order chi connectivity index (χ1) is 12.3. The van der Waals surface area contributed by atoms with E-state index in [9.17, 15) is 18.4 Å². The molecule has 0 aliphatic rings. The van der Waals surface area contributed by atoms with Crippen LogP contribution in [0, 0.1) is 11.6 Å². The summed E-state index contributed by atoms with van der Waals surface area (Å²) in [5, 5.41) is 1.95. The monoisotopic (exact) mass is 379 g/mol. The number of rotatable bonds is 7. The number of carbonyl (C=O) groups is 2. The van der Waals surface area contributed by atoms with E-state index in [4.69, 9.17) is 4.74 Å². The number of halogens is 2. The molecule has 7 heteroatoms. The Morgan fingerprint density at radius 1 is 1.19 bits per heavy atom. The van der Waals surface area contributed by atoms with Gasteiger partial charge in [-0.25, -0.2) is 8.78 Å². The highest BCUT2D eigenvalue weighted by Gasteiger charge is 2.17. The highest BCUT2D eigenvalue weighted by molar-refractivity contribution is 7.99. The zero-order valence-electron chi connectivity index (χ0n) is 14.6. The highest BCUT2D eigenvalue weighted by atomic mass is 32.2. The molecule has 138 valence electrons. The Labute approximate surface area is 154 Å². The van der Waals surface area contributed by atoms with Crippen molar-refractivity contribution in [2.75, 3.05) is 12.4 Å². The van der Waals surface area contributed by atoms with Crippen LogP contribution in [0.15, 0.2) is 36.4 Å². The maximum absolute atomic E-state index is 13.6. The largest absolute Gasteiger partial charge is 0.496 e. The van der Waals surface area contributed by atoms with Gasteiger partial charge in [-0.1, -0.05) is 0 Å². The molecule has 0 saturated carbocycles. The zero-order chi connectivity index (χ0) is 19.3.